The lowest BCUT2D eigenvalue weighted by Crippen LogP contribution is -2.43. The van der Waals surface area contributed by atoms with Gasteiger partial charge in [-0.2, -0.15) is 0 Å². The molecule has 0 saturated heterocycles. The van der Waals surface area contributed by atoms with Crippen molar-refractivity contribution >= 4 is 29.4 Å². The number of halogens is 1. The van der Waals surface area contributed by atoms with Crippen LogP contribution in [0.1, 0.15) is 25.8 Å². The van der Waals surface area contributed by atoms with Crippen LogP contribution in [0.5, 0.6) is 0 Å². The zero-order chi connectivity index (χ0) is 23.0. The maximum atomic E-state index is 12.0. The van der Waals surface area contributed by atoms with Gasteiger partial charge in [0.25, 0.3) is 0 Å². The Bertz CT molecular complexity index is 913. The number of hydrogen-bond acceptors (Lipinski definition) is 5. The number of rotatable bonds is 9. The quantitative estimate of drug-likeness (QED) is 0.402. The molecule has 31 heavy (non-hydrogen) atoms. The van der Waals surface area contributed by atoms with Gasteiger partial charge in [0.15, 0.2) is 6.10 Å². The zero-order valence-corrected chi connectivity index (χ0v) is 18.1. The molecule has 8 heteroatoms. The van der Waals surface area contributed by atoms with Crippen molar-refractivity contribution in [3.8, 4) is 11.1 Å². The number of carbonyl (C=O) groups excluding carboxylic acids is 2. The van der Waals surface area contributed by atoms with E-state index in [4.69, 9.17) is 21.4 Å². The highest BCUT2D eigenvalue weighted by Gasteiger charge is 2.25. The van der Waals surface area contributed by atoms with E-state index in [0.717, 1.165) is 16.7 Å². The summed E-state index contributed by atoms with van der Waals surface area (Å²) in [6, 6.07) is 14.0. The van der Waals surface area contributed by atoms with Gasteiger partial charge in [0, 0.05) is 17.5 Å². The Hall–Kier alpha value is -2.90. The number of amides is 1. The van der Waals surface area contributed by atoms with Crippen LogP contribution in [0.25, 0.3) is 11.1 Å². The van der Waals surface area contributed by atoms with Crippen molar-refractivity contribution in [1.29, 1.82) is 0 Å². The Morgan fingerprint density at radius 3 is 2.32 bits per heavy atom. The Morgan fingerprint density at radius 2 is 1.74 bits per heavy atom. The van der Waals surface area contributed by atoms with E-state index in [9.17, 15) is 19.5 Å². The molecule has 0 bridgehead atoms. The van der Waals surface area contributed by atoms with Gasteiger partial charge in [0.2, 0.25) is 0 Å². The van der Waals surface area contributed by atoms with Gasteiger partial charge in [-0.05, 0) is 41.2 Å². The molecule has 0 spiro atoms. The molecule has 0 saturated carbocycles. The summed E-state index contributed by atoms with van der Waals surface area (Å²) < 4.78 is 5.01. The minimum Gasteiger partial charge on any atom is -0.474 e. The highest BCUT2D eigenvalue weighted by molar-refractivity contribution is 6.31. The molecular weight excluding hydrogens is 422 g/mol. The number of nitrogens with one attached hydrogen (secondary N) is 1. The SMILES string of the molecule is CC(C)COC(=O)C(O)CC(Cc1ccc(-c2cccc(Cl)c2)cc1)NC(=O)C(=O)O. The maximum Gasteiger partial charge on any atom is 0.394 e. The smallest absolute Gasteiger partial charge is 0.394 e. The van der Waals surface area contributed by atoms with Gasteiger partial charge in [-0.15, -0.1) is 0 Å². The summed E-state index contributed by atoms with van der Waals surface area (Å²) in [5.41, 5.74) is 2.68. The molecule has 2 rings (SSSR count). The van der Waals surface area contributed by atoms with Gasteiger partial charge in [0.1, 0.15) is 0 Å². The van der Waals surface area contributed by atoms with Crippen LogP contribution >= 0.6 is 11.6 Å². The number of ether oxygens (including phenoxy) is 1. The molecule has 0 heterocycles. The fourth-order valence-corrected chi connectivity index (χ4v) is 3.13. The van der Waals surface area contributed by atoms with Crippen LogP contribution in [-0.4, -0.2) is 46.8 Å². The van der Waals surface area contributed by atoms with Crippen LogP contribution in [0.3, 0.4) is 0 Å². The van der Waals surface area contributed by atoms with Crippen LogP contribution < -0.4 is 5.32 Å². The highest BCUT2D eigenvalue weighted by atomic mass is 35.5. The lowest BCUT2D eigenvalue weighted by molar-refractivity contribution is -0.155. The molecule has 2 aromatic carbocycles. The summed E-state index contributed by atoms with van der Waals surface area (Å²) in [6.07, 6.45) is -1.43. The number of carboxylic acids is 1. The molecule has 0 aromatic heterocycles. The average molecular weight is 448 g/mol. The number of hydrogen-bond donors (Lipinski definition) is 3. The van der Waals surface area contributed by atoms with E-state index < -0.39 is 30.0 Å². The molecule has 7 nitrogen and oxygen atoms in total. The summed E-state index contributed by atoms with van der Waals surface area (Å²) >= 11 is 6.03. The summed E-state index contributed by atoms with van der Waals surface area (Å²) in [5.74, 6) is -3.54. The summed E-state index contributed by atoms with van der Waals surface area (Å²) in [4.78, 5) is 34.6. The number of carbonyl (C=O) groups is 3. The molecule has 0 fully saturated rings. The van der Waals surface area contributed by atoms with Crippen molar-refractivity contribution in [3.05, 3.63) is 59.1 Å². The molecule has 166 valence electrons. The number of esters is 1. The lowest BCUT2D eigenvalue weighted by atomic mass is 9.98. The minimum atomic E-state index is -1.64. The highest BCUT2D eigenvalue weighted by Crippen LogP contribution is 2.23. The monoisotopic (exact) mass is 447 g/mol. The zero-order valence-electron chi connectivity index (χ0n) is 17.4. The molecular formula is C23H26ClNO6. The Balaban J connectivity index is 2.10. The van der Waals surface area contributed by atoms with E-state index in [2.05, 4.69) is 5.32 Å². The first-order valence-corrected chi connectivity index (χ1v) is 10.3. The second-order valence-corrected chi connectivity index (χ2v) is 8.10. The van der Waals surface area contributed by atoms with Gasteiger partial charge in [-0.1, -0.05) is 61.8 Å². The number of aliphatic hydroxyl groups is 1. The Labute approximate surface area is 186 Å². The average Bonchev–Trinajstić information content (AvgIpc) is 2.72. The van der Waals surface area contributed by atoms with Crippen molar-refractivity contribution < 1.29 is 29.3 Å². The standard InChI is InChI=1S/C23H26ClNO6/c1-14(2)13-31-23(30)20(26)12-19(25-21(27)22(28)29)10-15-6-8-16(9-7-15)17-4-3-5-18(24)11-17/h3-9,11,14,19-20,26H,10,12-13H2,1-2H3,(H,25,27)(H,28,29). The van der Waals surface area contributed by atoms with Crippen LogP contribution in [0, 0.1) is 5.92 Å². The second kappa shape index (κ2) is 11.5. The fraction of sp³-hybridized carbons (Fsp3) is 0.348. The third-order valence-corrected chi connectivity index (χ3v) is 4.70. The molecule has 2 aromatic rings. The Kier molecular flexibility index (Phi) is 9.03. The second-order valence-electron chi connectivity index (χ2n) is 7.66. The topological polar surface area (TPSA) is 113 Å². The van der Waals surface area contributed by atoms with Crippen molar-refractivity contribution in [2.75, 3.05) is 6.61 Å². The van der Waals surface area contributed by atoms with Crippen molar-refractivity contribution in [2.24, 2.45) is 5.92 Å². The number of aliphatic hydroxyl groups excluding tert-OH is 1. The predicted molar refractivity (Wildman–Crippen MR) is 117 cm³/mol. The van der Waals surface area contributed by atoms with Crippen molar-refractivity contribution in [1.82, 2.24) is 5.32 Å². The maximum absolute atomic E-state index is 12.0. The fourth-order valence-electron chi connectivity index (χ4n) is 2.94. The third-order valence-electron chi connectivity index (χ3n) is 4.46. The predicted octanol–water partition coefficient (Wildman–Crippen LogP) is 3.07. The first-order valence-electron chi connectivity index (χ1n) is 9.89. The molecule has 0 aliphatic rings. The molecule has 1 amide bonds. The van der Waals surface area contributed by atoms with Crippen molar-refractivity contribution in [2.45, 2.75) is 38.8 Å². The van der Waals surface area contributed by atoms with Gasteiger partial charge in [-0.25, -0.2) is 9.59 Å². The number of aliphatic carboxylic acids is 1. The molecule has 0 aliphatic heterocycles. The van der Waals surface area contributed by atoms with E-state index in [1.807, 2.05) is 56.3 Å². The first-order chi connectivity index (χ1) is 14.7. The van der Waals surface area contributed by atoms with E-state index in [-0.39, 0.29) is 25.4 Å². The Morgan fingerprint density at radius 1 is 1.06 bits per heavy atom. The normalized spacial score (nSPS) is 12.8. The van der Waals surface area contributed by atoms with E-state index >= 15 is 0 Å². The van der Waals surface area contributed by atoms with Gasteiger partial charge >= 0.3 is 17.8 Å². The molecule has 0 aliphatic carbocycles. The summed E-state index contributed by atoms with van der Waals surface area (Å²) in [6.45, 7) is 3.89. The van der Waals surface area contributed by atoms with E-state index in [1.165, 1.54) is 0 Å². The lowest BCUT2D eigenvalue weighted by Gasteiger charge is -2.21. The van der Waals surface area contributed by atoms with E-state index in [0.29, 0.717) is 5.02 Å². The van der Waals surface area contributed by atoms with Crippen LogP contribution in [-0.2, 0) is 25.5 Å². The number of benzene rings is 2. The summed E-state index contributed by atoms with van der Waals surface area (Å²) in [7, 11) is 0. The number of carboxylic acid groups (broad SMARTS) is 1. The van der Waals surface area contributed by atoms with Crippen molar-refractivity contribution in [3.63, 3.8) is 0 Å². The van der Waals surface area contributed by atoms with Crippen LogP contribution in [0.15, 0.2) is 48.5 Å². The molecule has 2 atom stereocenters. The molecule has 3 N–H and O–H groups in total. The first kappa shape index (κ1) is 24.4. The van der Waals surface area contributed by atoms with Gasteiger partial charge in [-0.3, -0.25) is 4.79 Å². The van der Waals surface area contributed by atoms with Crippen LogP contribution in [0.4, 0.5) is 0 Å². The van der Waals surface area contributed by atoms with Crippen LogP contribution in [0.2, 0.25) is 5.02 Å². The molecule has 2 unspecified atom stereocenters. The molecule has 0 radical (unpaired) electrons. The third kappa shape index (κ3) is 8.03. The van der Waals surface area contributed by atoms with E-state index in [1.54, 1.807) is 6.07 Å². The van der Waals surface area contributed by atoms with Gasteiger partial charge in [0.05, 0.1) is 6.61 Å². The summed E-state index contributed by atoms with van der Waals surface area (Å²) in [5, 5.41) is 22.0. The van der Waals surface area contributed by atoms with Gasteiger partial charge < -0.3 is 20.3 Å². The largest absolute Gasteiger partial charge is 0.474 e. The minimum absolute atomic E-state index is 0.108.